The van der Waals surface area contributed by atoms with Crippen molar-refractivity contribution in [1.82, 2.24) is 19.7 Å². The summed E-state index contributed by atoms with van der Waals surface area (Å²) in [6, 6.07) is 11.0. The van der Waals surface area contributed by atoms with Gasteiger partial charge in [0, 0.05) is 35.0 Å². The number of nitrogens with one attached hydrogen (secondary N) is 2. The minimum absolute atomic E-state index is 0.119. The average molecular weight is 436 g/mol. The van der Waals surface area contributed by atoms with Crippen molar-refractivity contribution in [1.29, 1.82) is 0 Å². The number of aromatic nitrogens is 4. The molecule has 2 N–H and O–H groups in total. The number of benzene rings is 1. The lowest BCUT2D eigenvalue weighted by atomic mass is 10.1. The molecule has 3 heterocycles. The quantitative estimate of drug-likeness (QED) is 0.363. The second-order valence-electron chi connectivity index (χ2n) is 6.73. The molecule has 4 aromatic rings. The molecule has 0 aliphatic carbocycles. The van der Waals surface area contributed by atoms with Crippen LogP contribution >= 0.6 is 11.3 Å². The number of thiophene rings is 1. The molecular formula is C20H16N6O4S. The van der Waals surface area contributed by atoms with Crippen LogP contribution in [0.25, 0.3) is 16.5 Å². The highest BCUT2D eigenvalue weighted by atomic mass is 32.1. The summed E-state index contributed by atoms with van der Waals surface area (Å²) in [5, 5.41) is 20.3. The molecule has 0 unspecified atom stereocenters. The Morgan fingerprint density at radius 3 is 2.71 bits per heavy atom. The summed E-state index contributed by atoms with van der Waals surface area (Å²) >= 11 is 1.47. The number of hydrogen-bond donors (Lipinski definition) is 2. The second-order valence-corrected chi connectivity index (χ2v) is 7.67. The number of carbonyl (C=O) groups is 1. The topological polar surface area (TPSA) is 136 Å². The van der Waals surface area contributed by atoms with Crippen molar-refractivity contribution in [2.75, 3.05) is 5.32 Å². The van der Waals surface area contributed by atoms with Gasteiger partial charge >= 0.3 is 0 Å². The zero-order chi connectivity index (χ0) is 22.1. The number of nitro benzene ring substituents is 1. The molecule has 10 nitrogen and oxygen atoms in total. The number of hydrogen-bond acceptors (Lipinski definition) is 7. The molecule has 156 valence electrons. The van der Waals surface area contributed by atoms with Crippen molar-refractivity contribution in [2.45, 2.75) is 13.8 Å². The van der Waals surface area contributed by atoms with E-state index in [-0.39, 0.29) is 28.6 Å². The van der Waals surface area contributed by atoms with E-state index in [0.717, 1.165) is 4.88 Å². The van der Waals surface area contributed by atoms with Gasteiger partial charge in [0.25, 0.3) is 17.2 Å². The molecule has 31 heavy (non-hydrogen) atoms. The molecule has 1 amide bonds. The first-order valence-electron chi connectivity index (χ1n) is 9.10. The number of anilines is 1. The van der Waals surface area contributed by atoms with Gasteiger partial charge in [-0.15, -0.1) is 11.3 Å². The monoisotopic (exact) mass is 436 g/mol. The molecule has 0 fully saturated rings. The molecule has 1 aromatic carbocycles. The van der Waals surface area contributed by atoms with E-state index in [0.29, 0.717) is 17.0 Å². The van der Waals surface area contributed by atoms with Crippen LogP contribution in [0, 0.1) is 24.0 Å². The van der Waals surface area contributed by atoms with E-state index in [4.69, 9.17) is 0 Å². The zero-order valence-electron chi connectivity index (χ0n) is 16.4. The van der Waals surface area contributed by atoms with Crippen LogP contribution in [-0.2, 0) is 0 Å². The maximum absolute atomic E-state index is 12.8. The summed E-state index contributed by atoms with van der Waals surface area (Å²) in [6.45, 7) is 3.27. The normalized spacial score (nSPS) is 10.8. The molecule has 0 saturated carbocycles. The standard InChI is InChI=1S/C20H16N6O4S/c1-11-5-6-13(9-15(11)26(29)30)19(28)22-17-10-14(16-4-3-7-31-16)24-25(17)20-21-12(2)8-18(27)23-20/h3-10H,1-2H3,(H,22,28)(H,21,23,27). The van der Waals surface area contributed by atoms with Crippen molar-refractivity contribution in [3.8, 4) is 16.5 Å². The van der Waals surface area contributed by atoms with Gasteiger partial charge in [0.15, 0.2) is 0 Å². The molecule has 0 radical (unpaired) electrons. The van der Waals surface area contributed by atoms with E-state index in [9.17, 15) is 19.7 Å². The number of nitro groups is 1. The summed E-state index contributed by atoms with van der Waals surface area (Å²) in [6.07, 6.45) is 0. The smallest absolute Gasteiger partial charge is 0.273 e. The fraction of sp³-hybridized carbons (Fsp3) is 0.100. The Morgan fingerprint density at radius 2 is 2.03 bits per heavy atom. The highest BCUT2D eigenvalue weighted by Gasteiger charge is 2.19. The van der Waals surface area contributed by atoms with Crippen LogP contribution in [-0.4, -0.2) is 30.6 Å². The third kappa shape index (κ3) is 4.12. The van der Waals surface area contributed by atoms with Gasteiger partial charge in [0.2, 0.25) is 5.95 Å². The van der Waals surface area contributed by atoms with Crippen LogP contribution in [0.3, 0.4) is 0 Å². The third-order valence-corrected chi connectivity index (χ3v) is 5.34. The Balaban J connectivity index is 1.77. The largest absolute Gasteiger partial charge is 0.306 e. The number of amides is 1. The van der Waals surface area contributed by atoms with E-state index in [2.05, 4.69) is 20.4 Å². The Labute approximate surface area is 179 Å². The first-order chi connectivity index (χ1) is 14.8. The molecule has 11 heteroatoms. The van der Waals surface area contributed by atoms with Crippen molar-refractivity contribution in [3.05, 3.63) is 85.1 Å². The van der Waals surface area contributed by atoms with Gasteiger partial charge in [-0.05, 0) is 31.4 Å². The van der Waals surface area contributed by atoms with Crippen molar-refractivity contribution in [2.24, 2.45) is 0 Å². The van der Waals surface area contributed by atoms with E-state index >= 15 is 0 Å². The highest BCUT2D eigenvalue weighted by molar-refractivity contribution is 7.13. The number of rotatable bonds is 5. The summed E-state index contributed by atoms with van der Waals surface area (Å²) in [4.78, 5) is 43.2. The number of carbonyl (C=O) groups excluding carboxylic acids is 1. The lowest BCUT2D eigenvalue weighted by molar-refractivity contribution is -0.385. The summed E-state index contributed by atoms with van der Waals surface area (Å²) < 4.78 is 1.32. The molecule has 3 aromatic heterocycles. The van der Waals surface area contributed by atoms with Gasteiger partial charge in [0.05, 0.1) is 9.80 Å². The second kappa shape index (κ2) is 7.95. The Bertz CT molecular complexity index is 1360. The summed E-state index contributed by atoms with van der Waals surface area (Å²) in [7, 11) is 0. The first-order valence-corrected chi connectivity index (χ1v) is 9.98. The molecule has 0 spiro atoms. The molecule has 0 aliphatic heterocycles. The predicted molar refractivity (Wildman–Crippen MR) is 116 cm³/mol. The minimum Gasteiger partial charge on any atom is -0.306 e. The summed E-state index contributed by atoms with van der Waals surface area (Å²) in [5.74, 6) is -0.166. The van der Waals surface area contributed by atoms with E-state index in [1.54, 1.807) is 19.9 Å². The Hall–Kier alpha value is -4.12. The van der Waals surface area contributed by atoms with Gasteiger partial charge in [-0.2, -0.15) is 9.78 Å². The van der Waals surface area contributed by atoms with Gasteiger partial charge in [0.1, 0.15) is 11.5 Å². The number of H-pyrrole nitrogens is 1. The van der Waals surface area contributed by atoms with Crippen LogP contribution in [0.5, 0.6) is 0 Å². The molecule has 0 bridgehead atoms. The molecule has 0 atom stereocenters. The SMILES string of the molecule is Cc1cc(=O)[nH]c(-n2nc(-c3cccs3)cc2NC(=O)c2ccc(C)c([N+](=O)[O-])c2)n1. The maximum atomic E-state index is 12.8. The van der Waals surface area contributed by atoms with Gasteiger partial charge in [-0.3, -0.25) is 24.7 Å². The van der Waals surface area contributed by atoms with Crippen molar-refractivity contribution in [3.63, 3.8) is 0 Å². The Morgan fingerprint density at radius 1 is 1.23 bits per heavy atom. The van der Waals surface area contributed by atoms with Crippen LogP contribution in [0.1, 0.15) is 21.6 Å². The zero-order valence-corrected chi connectivity index (χ0v) is 17.3. The van der Waals surface area contributed by atoms with Crippen LogP contribution < -0.4 is 10.9 Å². The highest BCUT2D eigenvalue weighted by Crippen LogP contribution is 2.28. The molecule has 0 saturated heterocycles. The lowest BCUT2D eigenvalue weighted by Gasteiger charge is -2.09. The average Bonchev–Trinajstić information content (AvgIpc) is 3.37. The van der Waals surface area contributed by atoms with E-state index in [1.807, 2.05) is 17.5 Å². The molecular weight excluding hydrogens is 420 g/mol. The van der Waals surface area contributed by atoms with Gasteiger partial charge < -0.3 is 5.32 Å². The fourth-order valence-electron chi connectivity index (χ4n) is 2.98. The first kappa shape index (κ1) is 20.2. The fourth-order valence-corrected chi connectivity index (χ4v) is 3.66. The minimum atomic E-state index is -0.558. The molecule has 0 aliphatic rings. The summed E-state index contributed by atoms with van der Waals surface area (Å²) in [5.41, 5.74) is 1.12. The van der Waals surface area contributed by atoms with Crippen LogP contribution in [0.2, 0.25) is 0 Å². The molecule has 4 rings (SSSR count). The van der Waals surface area contributed by atoms with Crippen LogP contribution in [0.15, 0.2) is 52.6 Å². The number of nitrogens with zero attached hydrogens (tertiary/aromatic N) is 4. The Kier molecular flexibility index (Phi) is 5.17. The van der Waals surface area contributed by atoms with Gasteiger partial charge in [-0.1, -0.05) is 12.1 Å². The predicted octanol–water partition coefficient (Wildman–Crippen LogP) is 3.46. The van der Waals surface area contributed by atoms with E-state index in [1.165, 1.54) is 40.3 Å². The number of aryl methyl sites for hydroxylation is 2. The van der Waals surface area contributed by atoms with E-state index < -0.39 is 10.8 Å². The van der Waals surface area contributed by atoms with Crippen molar-refractivity contribution < 1.29 is 9.72 Å². The maximum Gasteiger partial charge on any atom is 0.273 e. The number of aromatic amines is 1. The van der Waals surface area contributed by atoms with Gasteiger partial charge in [-0.25, -0.2) is 4.98 Å². The van der Waals surface area contributed by atoms with Crippen molar-refractivity contribution >= 4 is 28.7 Å². The lowest BCUT2D eigenvalue weighted by Crippen LogP contribution is -2.19. The third-order valence-electron chi connectivity index (χ3n) is 4.45. The van der Waals surface area contributed by atoms with Crippen LogP contribution in [0.4, 0.5) is 11.5 Å².